The van der Waals surface area contributed by atoms with Gasteiger partial charge in [-0.1, -0.05) is 17.7 Å². The van der Waals surface area contributed by atoms with Gasteiger partial charge in [-0.3, -0.25) is 5.41 Å². The van der Waals surface area contributed by atoms with E-state index in [0.29, 0.717) is 23.2 Å². The molecule has 0 amide bonds. The summed E-state index contributed by atoms with van der Waals surface area (Å²) >= 11 is 6.10. The second kappa shape index (κ2) is 4.94. The third-order valence-electron chi connectivity index (χ3n) is 3.09. The highest BCUT2D eigenvalue weighted by molar-refractivity contribution is 6.34. The number of nitrogens with two attached hydrogens (primary N) is 1. The number of halogens is 1. The molecule has 1 aliphatic rings. The molecule has 3 N–H and O–H groups in total. The number of ether oxygens (including phenoxy) is 1. The fourth-order valence-electron chi connectivity index (χ4n) is 2.10. The molecule has 1 aliphatic heterocycles. The lowest BCUT2D eigenvalue weighted by Gasteiger charge is -2.27. The Morgan fingerprint density at radius 2 is 2.35 bits per heavy atom. The number of amidine groups is 1. The number of nitrogens with one attached hydrogen (secondary N) is 1. The molecule has 0 aliphatic carbocycles. The summed E-state index contributed by atoms with van der Waals surface area (Å²) in [5, 5.41) is 8.13. The minimum Gasteiger partial charge on any atom is -0.384 e. The van der Waals surface area contributed by atoms with Crippen molar-refractivity contribution in [3.63, 3.8) is 0 Å². The number of nitrogens with zero attached hydrogens (tertiary/aromatic N) is 1. The zero-order chi connectivity index (χ0) is 12.4. The Morgan fingerprint density at radius 3 is 2.94 bits per heavy atom. The van der Waals surface area contributed by atoms with Gasteiger partial charge in [-0.15, -0.1) is 0 Å². The molecular formula is C12H16ClN3O. The lowest BCUT2D eigenvalue weighted by atomic mass is 10.1. The number of likely N-dealkylation sites (N-methyl/N-ethyl adjacent to an activating group) is 1. The van der Waals surface area contributed by atoms with Crippen LogP contribution in [0.25, 0.3) is 0 Å². The molecule has 1 unspecified atom stereocenters. The minimum atomic E-state index is -0.00337. The van der Waals surface area contributed by atoms with Gasteiger partial charge in [0.1, 0.15) is 5.84 Å². The van der Waals surface area contributed by atoms with Crippen LogP contribution < -0.4 is 10.6 Å². The second-order valence-electron chi connectivity index (χ2n) is 4.18. The van der Waals surface area contributed by atoms with Gasteiger partial charge in [0.05, 0.1) is 23.2 Å². The molecule has 1 aromatic rings. The Labute approximate surface area is 106 Å². The molecule has 1 saturated heterocycles. The van der Waals surface area contributed by atoms with Crippen LogP contribution in [0.4, 0.5) is 5.69 Å². The molecule has 0 saturated carbocycles. The number of hydrogen-bond acceptors (Lipinski definition) is 3. The number of benzene rings is 1. The van der Waals surface area contributed by atoms with Crippen molar-refractivity contribution < 1.29 is 4.74 Å². The quantitative estimate of drug-likeness (QED) is 0.638. The van der Waals surface area contributed by atoms with Gasteiger partial charge in [0.25, 0.3) is 0 Å². The Bertz CT molecular complexity index is 430. The Hall–Kier alpha value is -1.26. The Kier molecular flexibility index (Phi) is 3.54. The van der Waals surface area contributed by atoms with Crippen LogP contribution in [0.3, 0.4) is 0 Å². The van der Waals surface area contributed by atoms with E-state index >= 15 is 0 Å². The summed E-state index contributed by atoms with van der Waals surface area (Å²) in [7, 11) is 1.98. The lowest BCUT2D eigenvalue weighted by Crippen LogP contribution is -2.33. The maximum atomic E-state index is 7.62. The zero-order valence-electron chi connectivity index (χ0n) is 9.74. The predicted molar refractivity (Wildman–Crippen MR) is 70.1 cm³/mol. The number of anilines is 1. The number of nitrogen functional groups attached to an aromatic ring is 1. The van der Waals surface area contributed by atoms with Crippen molar-refractivity contribution in [1.82, 2.24) is 0 Å². The van der Waals surface area contributed by atoms with E-state index in [-0.39, 0.29) is 5.84 Å². The van der Waals surface area contributed by atoms with Crippen molar-refractivity contribution in [3.8, 4) is 0 Å². The van der Waals surface area contributed by atoms with Crippen molar-refractivity contribution in [2.75, 3.05) is 25.2 Å². The highest BCUT2D eigenvalue weighted by Crippen LogP contribution is 2.29. The molecule has 2 rings (SSSR count). The third kappa shape index (κ3) is 2.37. The Balaban J connectivity index is 2.36. The molecule has 5 heteroatoms. The van der Waals surface area contributed by atoms with Crippen LogP contribution in [0.5, 0.6) is 0 Å². The molecule has 92 valence electrons. The molecule has 0 spiro atoms. The average molecular weight is 254 g/mol. The molecule has 1 aromatic carbocycles. The molecule has 1 fully saturated rings. The van der Waals surface area contributed by atoms with Gasteiger partial charge in [-0.25, -0.2) is 0 Å². The fourth-order valence-corrected chi connectivity index (χ4v) is 2.37. The highest BCUT2D eigenvalue weighted by atomic mass is 35.5. The average Bonchev–Trinajstić information content (AvgIpc) is 2.80. The van der Waals surface area contributed by atoms with Gasteiger partial charge in [-0.2, -0.15) is 0 Å². The minimum absolute atomic E-state index is 0.00337. The van der Waals surface area contributed by atoms with Gasteiger partial charge >= 0.3 is 0 Å². The normalized spacial score (nSPS) is 19.3. The topological polar surface area (TPSA) is 62.3 Å². The van der Waals surface area contributed by atoms with Gasteiger partial charge < -0.3 is 15.4 Å². The first kappa shape index (κ1) is 12.2. The standard InChI is InChI=1S/C12H16ClN3O/c1-16(8-5-6-17-7-8)10-4-2-3-9(13)11(10)12(14)15/h2-4,8H,5-7H2,1H3,(H3,14,15). The molecule has 1 atom stereocenters. The molecule has 1 heterocycles. The van der Waals surface area contributed by atoms with Crippen molar-refractivity contribution in [2.24, 2.45) is 5.73 Å². The first-order valence-electron chi connectivity index (χ1n) is 5.54. The number of rotatable bonds is 3. The van der Waals surface area contributed by atoms with Gasteiger partial charge in [0.15, 0.2) is 0 Å². The van der Waals surface area contributed by atoms with E-state index in [4.69, 9.17) is 27.5 Å². The summed E-state index contributed by atoms with van der Waals surface area (Å²) in [6.45, 7) is 1.49. The summed E-state index contributed by atoms with van der Waals surface area (Å²) in [5.41, 5.74) is 7.08. The highest BCUT2D eigenvalue weighted by Gasteiger charge is 2.23. The van der Waals surface area contributed by atoms with Crippen LogP contribution in [-0.4, -0.2) is 32.1 Å². The van der Waals surface area contributed by atoms with E-state index in [1.165, 1.54) is 0 Å². The second-order valence-corrected chi connectivity index (χ2v) is 4.58. The molecule has 17 heavy (non-hydrogen) atoms. The monoisotopic (exact) mass is 253 g/mol. The van der Waals surface area contributed by atoms with Crippen LogP contribution in [-0.2, 0) is 4.74 Å². The van der Waals surface area contributed by atoms with Crippen LogP contribution in [0.15, 0.2) is 18.2 Å². The van der Waals surface area contributed by atoms with Gasteiger partial charge in [-0.05, 0) is 18.6 Å². The summed E-state index contributed by atoms with van der Waals surface area (Å²) in [4.78, 5) is 2.09. The summed E-state index contributed by atoms with van der Waals surface area (Å²) in [6.07, 6.45) is 0.986. The van der Waals surface area contributed by atoms with E-state index in [1.807, 2.05) is 19.2 Å². The van der Waals surface area contributed by atoms with E-state index < -0.39 is 0 Å². The van der Waals surface area contributed by atoms with Crippen molar-refractivity contribution >= 4 is 23.1 Å². The van der Waals surface area contributed by atoms with E-state index in [1.54, 1.807) is 6.07 Å². The fraction of sp³-hybridized carbons (Fsp3) is 0.417. The zero-order valence-corrected chi connectivity index (χ0v) is 10.5. The Morgan fingerprint density at radius 1 is 1.59 bits per heavy atom. The largest absolute Gasteiger partial charge is 0.384 e. The van der Waals surface area contributed by atoms with Crippen LogP contribution >= 0.6 is 11.6 Å². The molecule has 0 aromatic heterocycles. The predicted octanol–water partition coefficient (Wildman–Crippen LogP) is 1.85. The van der Waals surface area contributed by atoms with Crippen LogP contribution in [0.1, 0.15) is 12.0 Å². The lowest BCUT2D eigenvalue weighted by molar-refractivity contribution is 0.193. The van der Waals surface area contributed by atoms with Gasteiger partial charge in [0, 0.05) is 19.3 Å². The smallest absolute Gasteiger partial charge is 0.126 e. The maximum Gasteiger partial charge on any atom is 0.126 e. The molecule has 0 bridgehead atoms. The van der Waals surface area contributed by atoms with E-state index in [9.17, 15) is 0 Å². The summed E-state index contributed by atoms with van der Waals surface area (Å²) in [5.74, 6) is -0.00337. The first-order chi connectivity index (χ1) is 8.11. The maximum absolute atomic E-state index is 7.62. The summed E-state index contributed by atoms with van der Waals surface area (Å²) in [6, 6.07) is 5.88. The van der Waals surface area contributed by atoms with Gasteiger partial charge in [0.2, 0.25) is 0 Å². The summed E-state index contributed by atoms with van der Waals surface area (Å²) < 4.78 is 5.37. The van der Waals surface area contributed by atoms with Crippen molar-refractivity contribution in [3.05, 3.63) is 28.8 Å². The third-order valence-corrected chi connectivity index (χ3v) is 3.41. The van der Waals surface area contributed by atoms with Crippen LogP contribution in [0, 0.1) is 5.41 Å². The van der Waals surface area contributed by atoms with E-state index in [0.717, 1.165) is 18.7 Å². The molecular weight excluding hydrogens is 238 g/mol. The van der Waals surface area contributed by atoms with Crippen LogP contribution in [0.2, 0.25) is 5.02 Å². The van der Waals surface area contributed by atoms with Crippen molar-refractivity contribution in [2.45, 2.75) is 12.5 Å². The SMILES string of the molecule is CN(c1cccc(Cl)c1C(=N)N)C1CCOC1. The van der Waals surface area contributed by atoms with Crippen molar-refractivity contribution in [1.29, 1.82) is 5.41 Å². The molecule has 4 nitrogen and oxygen atoms in total. The first-order valence-corrected chi connectivity index (χ1v) is 5.92. The molecule has 0 radical (unpaired) electrons. The van der Waals surface area contributed by atoms with E-state index in [2.05, 4.69) is 4.90 Å². The number of hydrogen-bond donors (Lipinski definition) is 2.